The van der Waals surface area contributed by atoms with E-state index in [1.807, 2.05) is 0 Å². The number of hydrogen-bond acceptors (Lipinski definition) is 2. The van der Waals surface area contributed by atoms with E-state index < -0.39 is 6.04 Å². The molecular weight excluding hydrogens is 271 g/mol. The first-order chi connectivity index (χ1) is 10.1. The van der Waals surface area contributed by atoms with Gasteiger partial charge >= 0.3 is 0 Å². The van der Waals surface area contributed by atoms with E-state index in [1.165, 1.54) is 18.2 Å². The number of carbonyl (C=O) groups excluding carboxylic acids is 2. The maximum Gasteiger partial charge on any atom is 0.247 e. The van der Waals surface area contributed by atoms with Crippen LogP contribution in [0, 0.1) is 5.82 Å². The fraction of sp³-hybridized carbons (Fsp3) is 0.375. The third-order valence-corrected chi connectivity index (χ3v) is 3.65. The summed E-state index contributed by atoms with van der Waals surface area (Å²) in [5.74, 6) is -0.781. The highest BCUT2D eigenvalue weighted by molar-refractivity contribution is 5.95. The van der Waals surface area contributed by atoms with Crippen molar-refractivity contribution in [1.82, 2.24) is 10.2 Å². The predicted octanol–water partition coefficient (Wildman–Crippen LogP) is 1.97. The molecule has 21 heavy (non-hydrogen) atoms. The fourth-order valence-corrected chi connectivity index (χ4v) is 2.50. The smallest absolute Gasteiger partial charge is 0.247 e. The average molecular weight is 290 g/mol. The molecule has 2 rings (SSSR count). The summed E-state index contributed by atoms with van der Waals surface area (Å²) in [6.45, 7) is 0.554. The molecule has 1 aliphatic heterocycles. The first-order valence-corrected chi connectivity index (χ1v) is 7.08. The Hall–Kier alpha value is -2.17. The van der Waals surface area contributed by atoms with Crippen molar-refractivity contribution in [3.8, 4) is 0 Å². The molecule has 0 bridgehead atoms. The van der Waals surface area contributed by atoms with Gasteiger partial charge in [0, 0.05) is 25.2 Å². The standard InChI is InChI=1S/C16H19FN2O2/c1-18-16(21)14-8-4-5-11-19(14)15(20)10-9-12-6-2-3-7-13(12)17/h2-3,6-7,9-10,14H,4-5,8,11H2,1H3,(H,18,21)/b10-9+. The normalized spacial score (nSPS) is 18.8. The maximum absolute atomic E-state index is 13.5. The lowest BCUT2D eigenvalue weighted by molar-refractivity contribution is -0.138. The second-order valence-electron chi connectivity index (χ2n) is 5.01. The molecule has 1 N–H and O–H groups in total. The number of nitrogens with zero attached hydrogens (tertiary/aromatic N) is 1. The van der Waals surface area contributed by atoms with E-state index in [0.29, 0.717) is 18.5 Å². The van der Waals surface area contributed by atoms with Gasteiger partial charge in [0.1, 0.15) is 11.9 Å². The van der Waals surface area contributed by atoms with Crippen molar-refractivity contribution in [1.29, 1.82) is 0 Å². The van der Waals surface area contributed by atoms with Gasteiger partial charge in [0.2, 0.25) is 11.8 Å². The molecule has 0 aliphatic carbocycles. The molecule has 1 saturated heterocycles. The van der Waals surface area contributed by atoms with Crippen LogP contribution in [0.5, 0.6) is 0 Å². The number of carbonyl (C=O) groups is 2. The SMILES string of the molecule is CNC(=O)C1CCCCN1C(=O)/C=C/c1ccccc1F. The molecule has 0 aromatic heterocycles. The van der Waals surface area contributed by atoms with Crippen molar-refractivity contribution in [3.05, 3.63) is 41.7 Å². The van der Waals surface area contributed by atoms with E-state index in [-0.39, 0.29) is 17.6 Å². The van der Waals surface area contributed by atoms with Crippen molar-refractivity contribution < 1.29 is 14.0 Å². The first kappa shape index (κ1) is 15.2. The van der Waals surface area contributed by atoms with Crippen LogP contribution >= 0.6 is 0 Å². The molecule has 0 saturated carbocycles. The topological polar surface area (TPSA) is 49.4 Å². The van der Waals surface area contributed by atoms with Crippen molar-refractivity contribution >= 4 is 17.9 Å². The van der Waals surface area contributed by atoms with Gasteiger partial charge in [0.15, 0.2) is 0 Å². The van der Waals surface area contributed by atoms with Gasteiger partial charge in [-0.05, 0) is 31.4 Å². The highest BCUT2D eigenvalue weighted by Gasteiger charge is 2.30. The summed E-state index contributed by atoms with van der Waals surface area (Å²) in [6, 6.07) is 5.83. The number of hydrogen-bond donors (Lipinski definition) is 1. The van der Waals surface area contributed by atoms with Gasteiger partial charge in [0.05, 0.1) is 0 Å². The monoisotopic (exact) mass is 290 g/mol. The van der Waals surface area contributed by atoms with E-state index in [4.69, 9.17) is 0 Å². The van der Waals surface area contributed by atoms with Crippen molar-refractivity contribution in [2.45, 2.75) is 25.3 Å². The minimum atomic E-state index is -0.429. The van der Waals surface area contributed by atoms with Crippen LogP contribution in [0.2, 0.25) is 0 Å². The zero-order valence-electron chi connectivity index (χ0n) is 12.0. The minimum absolute atomic E-state index is 0.151. The van der Waals surface area contributed by atoms with Gasteiger partial charge in [-0.1, -0.05) is 18.2 Å². The number of rotatable bonds is 3. The number of piperidine rings is 1. The number of likely N-dealkylation sites (tertiary alicyclic amines) is 1. The molecule has 1 heterocycles. The number of benzene rings is 1. The summed E-state index contributed by atoms with van der Waals surface area (Å²) < 4.78 is 13.5. The fourth-order valence-electron chi connectivity index (χ4n) is 2.50. The lowest BCUT2D eigenvalue weighted by Crippen LogP contribution is -2.50. The Morgan fingerprint density at radius 2 is 2.10 bits per heavy atom. The molecule has 112 valence electrons. The summed E-state index contributed by atoms with van der Waals surface area (Å²) in [6.07, 6.45) is 5.26. The highest BCUT2D eigenvalue weighted by atomic mass is 19.1. The molecule has 5 heteroatoms. The van der Waals surface area contributed by atoms with E-state index in [2.05, 4.69) is 5.32 Å². The van der Waals surface area contributed by atoms with Crippen LogP contribution in [0.4, 0.5) is 4.39 Å². The summed E-state index contributed by atoms with van der Waals surface area (Å²) in [5, 5.41) is 2.59. The zero-order chi connectivity index (χ0) is 15.2. The largest absolute Gasteiger partial charge is 0.357 e. The van der Waals surface area contributed by atoms with Gasteiger partial charge in [-0.15, -0.1) is 0 Å². The second kappa shape index (κ2) is 7.02. The lowest BCUT2D eigenvalue weighted by atomic mass is 10.0. The Morgan fingerprint density at radius 3 is 2.81 bits per heavy atom. The Bertz CT molecular complexity index is 557. The van der Waals surface area contributed by atoms with Gasteiger partial charge in [-0.2, -0.15) is 0 Å². The lowest BCUT2D eigenvalue weighted by Gasteiger charge is -2.33. The molecule has 0 spiro atoms. The third kappa shape index (κ3) is 3.68. The summed E-state index contributed by atoms with van der Waals surface area (Å²) in [7, 11) is 1.56. The van der Waals surface area contributed by atoms with Crippen molar-refractivity contribution in [2.24, 2.45) is 0 Å². The Balaban J connectivity index is 2.11. The molecule has 1 unspecified atom stereocenters. The minimum Gasteiger partial charge on any atom is -0.357 e. The number of amides is 2. The Morgan fingerprint density at radius 1 is 1.33 bits per heavy atom. The number of nitrogens with one attached hydrogen (secondary N) is 1. The maximum atomic E-state index is 13.5. The van der Waals surface area contributed by atoms with E-state index in [9.17, 15) is 14.0 Å². The van der Waals surface area contributed by atoms with Gasteiger partial charge < -0.3 is 10.2 Å². The predicted molar refractivity (Wildman–Crippen MR) is 78.9 cm³/mol. The molecule has 1 aliphatic rings. The molecule has 1 aromatic carbocycles. The summed E-state index contributed by atoms with van der Waals surface area (Å²) in [4.78, 5) is 25.6. The molecule has 0 radical (unpaired) electrons. The van der Waals surface area contributed by atoms with Crippen LogP contribution in [0.1, 0.15) is 24.8 Å². The summed E-state index contributed by atoms with van der Waals surface area (Å²) >= 11 is 0. The van der Waals surface area contributed by atoms with Gasteiger partial charge in [-0.25, -0.2) is 4.39 Å². The van der Waals surface area contributed by atoms with Gasteiger partial charge in [-0.3, -0.25) is 9.59 Å². The molecule has 1 aromatic rings. The number of likely N-dealkylation sites (N-methyl/N-ethyl adjacent to an activating group) is 1. The first-order valence-electron chi connectivity index (χ1n) is 7.08. The third-order valence-electron chi connectivity index (χ3n) is 3.65. The van der Waals surface area contributed by atoms with Gasteiger partial charge in [0.25, 0.3) is 0 Å². The van der Waals surface area contributed by atoms with Crippen LogP contribution in [-0.2, 0) is 9.59 Å². The van der Waals surface area contributed by atoms with Crippen LogP contribution in [0.3, 0.4) is 0 Å². The van der Waals surface area contributed by atoms with Crippen LogP contribution in [0.25, 0.3) is 6.08 Å². The van der Waals surface area contributed by atoms with Crippen LogP contribution in [-0.4, -0.2) is 36.3 Å². The molecular formula is C16H19FN2O2. The second-order valence-corrected chi connectivity index (χ2v) is 5.01. The Labute approximate surface area is 123 Å². The average Bonchev–Trinajstić information content (AvgIpc) is 2.53. The molecule has 2 amide bonds. The van der Waals surface area contributed by atoms with Crippen molar-refractivity contribution in [3.63, 3.8) is 0 Å². The van der Waals surface area contributed by atoms with Crippen LogP contribution in [0.15, 0.2) is 30.3 Å². The van der Waals surface area contributed by atoms with E-state index >= 15 is 0 Å². The zero-order valence-corrected chi connectivity index (χ0v) is 12.0. The molecule has 1 fully saturated rings. The van der Waals surface area contributed by atoms with E-state index in [0.717, 1.165) is 12.8 Å². The quantitative estimate of drug-likeness (QED) is 0.865. The highest BCUT2D eigenvalue weighted by Crippen LogP contribution is 2.18. The van der Waals surface area contributed by atoms with Crippen LogP contribution < -0.4 is 5.32 Å². The van der Waals surface area contributed by atoms with E-state index in [1.54, 1.807) is 30.1 Å². The van der Waals surface area contributed by atoms with Crippen molar-refractivity contribution in [2.75, 3.05) is 13.6 Å². The summed E-state index contributed by atoms with van der Waals surface area (Å²) in [5.41, 5.74) is 0.361. The Kier molecular flexibility index (Phi) is 5.09. The molecule has 1 atom stereocenters. The molecule has 4 nitrogen and oxygen atoms in total. The number of halogens is 1.